The number of nitrogens with zero attached hydrogens (tertiary/aromatic N) is 4. The zero-order chi connectivity index (χ0) is 21.0. The summed E-state index contributed by atoms with van der Waals surface area (Å²) in [6.07, 6.45) is 3.24. The van der Waals surface area contributed by atoms with Crippen LogP contribution in [-0.4, -0.2) is 49.4 Å². The van der Waals surface area contributed by atoms with Crippen LogP contribution in [0.25, 0.3) is 0 Å². The van der Waals surface area contributed by atoms with Crippen LogP contribution in [0.1, 0.15) is 12.5 Å². The van der Waals surface area contributed by atoms with E-state index in [0.29, 0.717) is 10.7 Å². The molecule has 2 heterocycles. The average Bonchev–Trinajstić information content (AvgIpc) is 2.75. The molecule has 1 aromatic heterocycles. The topological polar surface area (TPSA) is 74.7 Å². The normalized spacial score (nSPS) is 16.5. The number of hydrogen-bond donors (Lipinski definition) is 2. The summed E-state index contributed by atoms with van der Waals surface area (Å²) in [4.78, 5) is 8.88. The fourth-order valence-electron chi connectivity index (χ4n) is 3.23. The Hall–Kier alpha value is -2.51. The second-order valence-electron chi connectivity index (χ2n) is 6.88. The zero-order valence-electron chi connectivity index (χ0n) is 16.2. The van der Waals surface area contributed by atoms with Gasteiger partial charge < -0.3 is 0 Å². The van der Waals surface area contributed by atoms with E-state index >= 15 is 0 Å². The van der Waals surface area contributed by atoms with Crippen LogP contribution in [0.2, 0.25) is 5.02 Å². The van der Waals surface area contributed by atoms with Crippen molar-refractivity contribution in [3.8, 4) is 5.80 Å². The van der Waals surface area contributed by atoms with Crippen molar-refractivity contribution in [1.82, 2.24) is 9.88 Å². The molecule has 4 N–H and O–H groups in total. The van der Waals surface area contributed by atoms with Crippen LogP contribution in [0, 0.1) is 11.6 Å². The first-order valence-corrected chi connectivity index (χ1v) is 9.64. The number of hydrogen-bond acceptors (Lipinski definition) is 6. The van der Waals surface area contributed by atoms with Gasteiger partial charge in [0.2, 0.25) is 0 Å². The molecule has 1 aliphatic rings. The van der Waals surface area contributed by atoms with Crippen LogP contribution < -0.4 is 21.5 Å². The first kappa shape index (κ1) is 21.2. The number of rotatable bonds is 5. The van der Waals surface area contributed by atoms with Crippen molar-refractivity contribution >= 4 is 30.4 Å². The maximum atomic E-state index is 14.0. The van der Waals surface area contributed by atoms with Gasteiger partial charge in [0.25, 0.3) is 0 Å². The SMILES string of the molecule is B#Cc1ccc(N2CCN(C(C)/C(N)=C/N(N)c3cc(Cl)ccc3F)CC2)nc1. The van der Waals surface area contributed by atoms with Gasteiger partial charge in [-0.05, 0) is 18.2 Å². The summed E-state index contributed by atoms with van der Waals surface area (Å²) in [6, 6.07) is 7.98. The van der Waals surface area contributed by atoms with Gasteiger partial charge in [0, 0.05) is 5.02 Å². The maximum absolute atomic E-state index is 14.0. The number of pyridine rings is 1. The van der Waals surface area contributed by atoms with Crippen LogP contribution in [0.5, 0.6) is 0 Å². The predicted octanol–water partition coefficient (Wildman–Crippen LogP) is 2.04. The Labute approximate surface area is 176 Å². The molecule has 1 aromatic carbocycles. The minimum absolute atomic E-state index is 0.0535. The van der Waals surface area contributed by atoms with E-state index in [0.717, 1.165) is 37.6 Å². The summed E-state index contributed by atoms with van der Waals surface area (Å²) >= 11 is 5.93. The van der Waals surface area contributed by atoms with Crippen molar-refractivity contribution in [2.24, 2.45) is 11.6 Å². The third kappa shape index (κ3) is 5.11. The number of halogens is 2. The third-order valence-corrected chi connectivity index (χ3v) is 5.29. The van der Waals surface area contributed by atoms with Crippen LogP contribution in [-0.2, 0) is 0 Å². The molecule has 29 heavy (non-hydrogen) atoms. The van der Waals surface area contributed by atoms with Gasteiger partial charge in [0.1, 0.15) is 5.82 Å². The monoisotopic (exact) mass is 412 g/mol. The Morgan fingerprint density at radius 1 is 1.31 bits per heavy atom. The van der Waals surface area contributed by atoms with E-state index in [1.54, 1.807) is 6.20 Å². The number of benzene rings is 1. The number of nitrogens with two attached hydrogens (primary N) is 2. The summed E-state index contributed by atoms with van der Waals surface area (Å²) in [7, 11) is 5.38. The molecule has 0 spiro atoms. The Bertz CT molecular complexity index is 922. The van der Waals surface area contributed by atoms with Crippen LogP contribution in [0.3, 0.4) is 0 Å². The molecule has 2 aromatic rings. The van der Waals surface area contributed by atoms with Gasteiger partial charge >= 0.3 is 114 Å². The van der Waals surface area contributed by atoms with E-state index in [4.69, 9.17) is 30.5 Å². The number of hydrazine groups is 1. The second-order valence-corrected chi connectivity index (χ2v) is 7.32. The Kier molecular flexibility index (Phi) is 6.82. The van der Waals surface area contributed by atoms with Gasteiger partial charge in [-0.15, -0.1) is 0 Å². The van der Waals surface area contributed by atoms with Gasteiger partial charge in [-0.1, -0.05) is 11.6 Å². The van der Waals surface area contributed by atoms with E-state index in [1.165, 1.54) is 29.4 Å². The number of aromatic nitrogens is 1. The molecule has 9 heteroatoms. The molecule has 150 valence electrons. The van der Waals surface area contributed by atoms with Crippen molar-refractivity contribution in [3.05, 3.63) is 64.8 Å². The molecule has 1 saturated heterocycles. The number of piperazine rings is 1. The van der Waals surface area contributed by atoms with Gasteiger partial charge in [-0.2, -0.15) is 0 Å². The molecule has 1 fully saturated rings. The van der Waals surface area contributed by atoms with Crippen molar-refractivity contribution in [2.45, 2.75) is 13.0 Å². The second kappa shape index (κ2) is 9.33. The first-order chi connectivity index (χ1) is 13.9. The molecule has 1 unspecified atom stereocenters. The van der Waals surface area contributed by atoms with Gasteiger partial charge in [-0.3, -0.25) is 5.01 Å². The van der Waals surface area contributed by atoms with Crippen LogP contribution >= 0.6 is 11.6 Å². The molecule has 0 amide bonds. The van der Waals surface area contributed by atoms with Crippen molar-refractivity contribution in [3.63, 3.8) is 0 Å². The summed E-state index contributed by atoms with van der Waals surface area (Å²) in [5, 5.41) is 1.57. The van der Waals surface area contributed by atoms with E-state index < -0.39 is 5.82 Å². The van der Waals surface area contributed by atoms with Gasteiger partial charge in [0.05, 0.1) is 5.69 Å². The molecule has 6 nitrogen and oxygen atoms in total. The Morgan fingerprint density at radius 2 is 2.03 bits per heavy atom. The average molecular weight is 413 g/mol. The standard InChI is InChI=1S/C20H23BClFN6/c1-14(18(24)13-29(25)19-10-16(22)3-4-17(19)23)27-6-8-28(9-7-27)20-5-2-15(11-21)12-26-20/h2-5,10,12-14H,6-9,24-25H2,1H3/b18-13-. The summed E-state index contributed by atoms with van der Waals surface area (Å²) < 4.78 is 14.0. The molecule has 1 aliphatic heterocycles. The summed E-state index contributed by atoms with van der Waals surface area (Å²) in [5.41, 5.74) is 7.72. The minimum atomic E-state index is -0.467. The zero-order valence-corrected chi connectivity index (χ0v) is 17.0. The van der Waals surface area contributed by atoms with E-state index in [-0.39, 0.29) is 11.7 Å². The van der Waals surface area contributed by atoms with Gasteiger partial charge in [-0.25, -0.2) is 10.2 Å². The van der Waals surface area contributed by atoms with Crippen molar-refractivity contribution < 1.29 is 4.39 Å². The summed E-state index contributed by atoms with van der Waals surface area (Å²) in [5.74, 6) is 8.99. The molecule has 0 radical (unpaired) electrons. The van der Waals surface area contributed by atoms with Crippen molar-refractivity contribution in [2.75, 3.05) is 36.1 Å². The van der Waals surface area contributed by atoms with E-state index in [9.17, 15) is 4.39 Å². The fourth-order valence-corrected chi connectivity index (χ4v) is 3.40. The Morgan fingerprint density at radius 3 is 2.66 bits per heavy atom. The quantitative estimate of drug-likeness (QED) is 0.445. The van der Waals surface area contributed by atoms with Crippen LogP contribution in [0.4, 0.5) is 15.9 Å². The van der Waals surface area contributed by atoms with Crippen molar-refractivity contribution in [1.29, 1.82) is 0 Å². The van der Waals surface area contributed by atoms with E-state index in [2.05, 4.69) is 20.6 Å². The molecule has 0 aliphatic carbocycles. The number of anilines is 2. The van der Waals surface area contributed by atoms with E-state index in [1.807, 2.05) is 19.1 Å². The summed E-state index contributed by atoms with van der Waals surface area (Å²) in [6.45, 7) is 5.25. The van der Waals surface area contributed by atoms with Gasteiger partial charge in [0.15, 0.2) is 0 Å². The third-order valence-electron chi connectivity index (χ3n) is 5.06. The molecule has 1 atom stereocenters. The molecule has 0 saturated carbocycles. The first-order valence-electron chi connectivity index (χ1n) is 9.27. The molecule has 0 bridgehead atoms. The Balaban J connectivity index is 1.61. The predicted molar refractivity (Wildman–Crippen MR) is 117 cm³/mol. The molecule has 3 rings (SSSR count). The fraction of sp³-hybridized carbons (Fsp3) is 0.300. The van der Waals surface area contributed by atoms with Crippen LogP contribution in [0.15, 0.2) is 48.4 Å². The molecular weight excluding hydrogens is 390 g/mol. The molecular formula is C20H23BClFN6.